The summed E-state index contributed by atoms with van der Waals surface area (Å²) in [5, 5.41) is 10.8. The second kappa shape index (κ2) is 11.5. The smallest absolute Gasteiger partial charge is 0.443 e. The first-order valence-corrected chi connectivity index (χ1v) is 12.8. The van der Waals surface area contributed by atoms with Crippen LogP contribution in [-0.2, 0) is 20.2 Å². The molecule has 0 aliphatic carbocycles. The highest BCUT2D eigenvalue weighted by molar-refractivity contribution is 7.46. The SMILES string of the molecule is CCCCCCCCCCc1cc2cn([C@H]3C[C@H](O)[C@@H](COP(=O)(O)O)O3)c(=O)nc2o1. The van der Waals surface area contributed by atoms with E-state index >= 15 is 0 Å². The van der Waals surface area contributed by atoms with E-state index in [4.69, 9.17) is 18.9 Å². The van der Waals surface area contributed by atoms with Crippen LogP contribution in [0.2, 0.25) is 0 Å². The van der Waals surface area contributed by atoms with Crippen molar-refractivity contribution in [2.24, 2.45) is 0 Å². The number of hydrogen-bond acceptors (Lipinski definition) is 7. The van der Waals surface area contributed by atoms with Gasteiger partial charge in [-0.2, -0.15) is 4.98 Å². The van der Waals surface area contributed by atoms with Gasteiger partial charge in [-0.05, 0) is 12.5 Å². The van der Waals surface area contributed by atoms with Gasteiger partial charge < -0.3 is 24.0 Å². The topological polar surface area (TPSA) is 144 Å². The average molecular weight is 472 g/mol. The molecule has 0 radical (unpaired) electrons. The molecule has 3 atom stereocenters. The zero-order valence-electron chi connectivity index (χ0n) is 18.4. The van der Waals surface area contributed by atoms with Gasteiger partial charge in [0.05, 0.1) is 18.1 Å². The molecular weight excluding hydrogens is 439 g/mol. The average Bonchev–Trinajstić information content (AvgIpc) is 3.29. The van der Waals surface area contributed by atoms with Crippen LogP contribution >= 0.6 is 7.82 Å². The van der Waals surface area contributed by atoms with Crippen LogP contribution in [0, 0.1) is 0 Å². The van der Waals surface area contributed by atoms with E-state index in [-0.39, 0.29) is 12.1 Å². The highest BCUT2D eigenvalue weighted by Crippen LogP contribution is 2.38. The number of aromatic nitrogens is 2. The van der Waals surface area contributed by atoms with Crippen molar-refractivity contribution >= 4 is 18.9 Å². The molecule has 3 heterocycles. The maximum atomic E-state index is 12.4. The Balaban J connectivity index is 1.55. The maximum absolute atomic E-state index is 12.4. The molecule has 1 saturated heterocycles. The van der Waals surface area contributed by atoms with Crippen LogP contribution in [0.1, 0.15) is 76.7 Å². The Bertz CT molecular complexity index is 968. The van der Waals surface area contributed by atoms with Gasteiger partial charge in [0.15, 0.2) is 0 Å². The Hall–Kier alpha value is -1.55. The number of aliphatic hydroxyl groups is 1. The van der Waals surface area contributed by atoms with Gasteiger partial charge in [-0.1, -0.05) is 51.9 Å². The summed E-state index contributed by atoms with van der Waals surface area (Å²) in [5.41, 5.74) is -0.319. The third-order valence-corrected chi connectivity index (χ3v) is 6.17. The number of nitrogens with zero attached hydrogens (tertiary/aromatic N) is 2. The second-order valence-corrected chi connectivity index (χ2v) is 9.59. The van der Waals surface area contributed by atoms with Crippen molar-refractivity contribution in [2.45, 2.75) is 89.6 Å². The van der Waals surface area contributed by atoms with Crippen LogP contribution in [0.15, 0.2) is 21.5 Å². The lowest BCUT2D eigenvalue weighted by Gasteiger charge is -2.16. The number of ether oxygens (including phenoxy) is 1. The molecule has 0 aromatic carbocycles. The number of phosphoric acid groups is 1. The summed E-state index contributed by atoms with van der Waals surface area (Å²) in [6.45, 7) is 1.73. The minimum absolute atomic E-state index is 0.0746. The number of rotatable bonds is 13. The summed E-state index contributed by atoms with van der Waals surface area (Å²) in [4.78, 5) is 34.1. The predicted molar refractivity (Wildman–Crippen MR) is 117 cm³/mol. The van der Waals surface area contributed by atoms with Crippen molar-refractivity contribution in [1.82, 2.24) is 9.55 Å². The Morgan fingerprint density at radius 2 is 1.88 bits per heavy atom. The quantitative estimate of drug-likeness (QED) is 0.295. The second-order valence-electron chi connectivity index (χ2n) is 8.35. The highest BCUT2D eigenvalue weighted by atomic mass is 31.2. The summed E-state index contributed by atoms with van der Waals surface area (Å²) < 4.78 is 27.9. The molecular formula is C21H33N2O8P. The molecule has 11 heteroatoms. The van der Waals surface area contributed by atoms with Crippen molar-refractivity contribution < 1.29 is 33.1 Å². The summed E-state index contributed by atoms with van der Waals surface area (Å²) in [6, 6.07) is 1.86. The Morgan fingerprint density at radius 3 is 2.56 bits per heavy atom. The third kappa shape index (κ3) is 7.23. The number of fused-ring (bicyclic) bond motifs is 1. The molecule has 180 valence electrons. The first-order chi connectivity index (χ1) is 15.3. The minimum Gasteiger partial charge on any atom is -0.443 e. The lowest BCUT2D eigenvalue weighted by Crippen LogP contribution is -2.27. The number of unbranched alkanes of at least 4 members (excludes halogenated alkanes) is 7. The fraction of sp³-hybridized carbons (Fsp3) is 0.714. The molecule has 2 aromatic heterocycles. The first-order valence-electron chi connectivity index (χ1n) is 11.3. The molecule has 0 amide bonds. The van der Waals surface area contributed by atoms with Gasteiger partial charge in [0, 0.05) is 19.0 Å². The molecule has 1 aliphatic heterocycles. The van der Waals surface area contributed by atoms with Gasteiger partial charge in [0.2, 0.25) is 5.71 Å². The molecule has 10 nitrogen and oxygen atoms in total. The van der Waals surface area contributed by atoms with Gasteiger partial charge in [-0.3, -0.25) is 9.09 Å². The van der Waals surface area contributed by atoms with E-state index < -0.39 is 38.6 Å². The van der Waals surface area contributed by atoms with E-state index in [0.29, 0.717) is 5.39 Å². The van der Waals surface area contributed by atoms with Crippen molar-refractivity contribution in [3.63, 3.8) is 0 Å². The molecule has 0 unspecified atom stereocenters. The van der Waals surface area contributed by atoms with E-state index in [1.807, 2.05) is 6.07 Å². The molecule has 3 N–H and O–H groups in total. The van der Waals surface area contributed by atoms with E-state index in [2.05, 4.69) is 16.4 Å². The third-order valence-electron chi connectivity index (χ3n) is 5.69. The summed E-state index contributed by atoms with van der Waals surface area (Å²) in [6.07, 6.45) is 9.40. The fourth-order valence-corrected chi connectivity index (χ4v) is 4.29. The van der Waals surface area contributed by atoms with Crippen molar-refractivity contribution in [1.29, 1.82) is 0 Å². The number of furan rings is 1. The normalized spacial score (nSPS) is 21.6. The zero-order chi connectivity index (χ0) is 23.1. The number of hydrogen-bond donors (Lipinski definition) is 3. The van der Waals surface area contributed by atoms with Gasteiger partial charge >= 0.3 is 13.5 Å². The predicted octanol–water partition coefficient (Wildman–Crippen LogP) is 3.43. The van der Waals surface area contributed by atoms with E-state index in [0.717, 1.165) is 25.0 Å². The minimum atomic E-state index is -4.68. The van der Waals surface area contributed by atoms with E-state index in [1.54, 1.807) is 6.20 Å². The van der Waals surface area contributed by atoms with Gasteiger partial charge in [-0.25, -0.2) is 9.36 Å². The van der Waals surface area contributed by atoms with Gasteiger partial charge in [-0.15, -0.1) is 0 Å². The first kappa shape index (κ1) is 25.1. The highest BCUT2D eigenvalue weighted by Gasteiger charge is 2.37. The molecule has 0 saturated carbocycles. The van der Waals surface area contributed by atoms with Gasteiger partial charge in [0.1, 0.15) is 18.1 Å². The zero-order valence-corrected chi connectivity index (χ0v) is 19.3. The molecule has 2 aromatic rings. The Morgan fingerprint density at radius 1 is 1.19 bits per heavy atom. The largest absolute Gasteiger partial charge is 0.469 e. The standard InChI is InChI=1S/C21H33N2O8P/c1-2-3-4-5-6-7-8-9-10-16-11-15-13-23(21(25)22-20(15)30-16)19-12-17(24)18(31-19)14-29-32(26,27)28/h11,13,17-19,24H,2-10,12,14H2,1H3,(H2,26,27,28)/t17-,18+,19+/m0/s1. The molecule has 0 bridgehead atoms. The molecule has 3 rings (SSSR count). The lowest BCUT2D eigenvalue weighted by molar-refractivity contribution is -0.0449. The number of aryl methyl sites for hydroxylation is 1. The number of phosphoric ester groups is 1. The molecule has 32 heavy (non-hydrogen) atoms. The summed E-state index contributed by atoms with van der Waals surface area (Å²) in [7, 11) is -4.68. The summed E-state index contributed by atoms with van der Waals surface area (Å²) >= 11 is 0. The fourth-order valence-electron chi connectivity index (χ4n) is 3.95. The molecule has 1 fully saturated rings. The molecule has 0 spiro atoms. The Kier molecular flexibility index (Phi) is 9.04. The van der Waals surface area contributed by atoms with Crippen molar-refractivity contribution in [3.05, 3.63) is 28.5 Å². The van der Waals surface area contributed by atoms with E-state index in [9.17, 15) is 14.5 Å². The molecule has 1 aliphatic rings. The van der Waals surface area contributed by atoms with E-state index in [1.165, 1.54) is 43.1 Å². The van der Waals surface area contributed by atoms with Crippen molar-refractivity contribution in [3.8, 4) is 0 Å². The maximum Gasteiger partial charge on any atom is 0.469 e. The Labute approximate surface area is 186 Å². The van der Waals surface area contributed by atoms with Crippen molar-refractivity contribution in [2.75, 3.05) is 6.61 Å². The van der Waals surface area contributed by atoms with Crippen LogP contribution < -0.4 is 5.69 Å². The lowest BCUT2D eigenvalue weighted by atomic mass is 10.1. The number of aliphatic hydroxyl groups excluding tert-OH is 1. The van der Waals surface area contributed by atoms with Crippen LogP contribution in [-0.4, -0.2) is 43.3 Å². The van der Waals surface area contributed by atoms with Crippen LogP contribution in [0.25, 0.3) is 11.1 Å². The van der Waals surface area contributed by atoms with Crippen LogP contribution in [0.5, 0.6) is 0 Å². The summed E-state index contributed by atoms with van der Waals surface area (Å²) in [5.74, 6) is 0.774. The van der Waals surface area contributed by atoms with Gasteiger partial charge in [0.25, 0.3) is 0 Å². The van der Waals surface area contributed by atoms with Crippen LogP contribution in [0.4, 0.5) is 0 Å². The monoisotopic (exact) mass is 472 g/mol. The van der Waals surface area contributed by atoms with Crippen LogP contribution in [0.3, 0.4) is 0 Å².